The highest BCUT2D eigenvalue weighted by Crippen LogP contribution is 2.45. The quantitative estimate of drug-likeness (QED) is 0.415. The first-order valence-electron chi connectivity index (χ1n) is 10.8. The summed E-state index contributed by atoms with van der Waals surface area (Å²) in [7, 11) is 0. The van der Waals surface area contributed by atoms with Gasteiger partial charge in [-0.1, -0.05) is 23.7 Å². The number of imide groups is 1. The van der Waals surface area contributed by atoms with Crippen molar-refractivity contribution in [1.29, 1.82) is 0 Å². The molecule has 1 saturated carbocycles. The summed E-state index contributed by atoms with van der Waals surface area (Å²) in [5.41, 5.74) is -1.18. The number of hydrogen-bond donors (Lipinski definition) is 1. The molecule has 186 valence electrons. The molecule has 1 aliphatic carbocycles. The van der Waals surface area contributed by atoms with Crippen LogP contribution in [-0.2, 0) is 22.3 Å². The predicted molar refractivity (Wildman–Crippen MR) is 127 cm³/mol. The number of fused-ring (bicyclic) bond motifs is 1. The van der Waals surface area contributed by atoms with Crippen molar-refractivity contribution < 1.29 is 32.7 Å². The number of aliphatic carboxylic acids is 1. The summed E-state index contributed by atoms with van der Waals surface area (Å²) in [6, 6.07) is 8.58. The van der Waals surface area contributed by atoms with Crippen molar-refractivity contribution in [3.63, 3.8) is 0 Å². The highest BCUT2D eigenvalue weighted by molar-refractivity contribution is 8.18. The molecule has 3 aromatic rings. The van der Waals surface area contributed by atoms with Crippen LogP contribution in [0.4, 0.5) is 18.0 Å². The third-order valence-electron chi connectivity index (χ3n) is 6.46. The number of hydrogen-bond acceptors (Lipinski definition) is 5. The topological polar surface area (TPSA) is 92.5 Å². The van der Waals surface area contributed by atoms with Crippen LogP contribution in [0.25, 0.3) is 17.0 Å². The molecule has 2 fully saturated rings. The third kappa shape index (κ3) is 4.05. The average molecular weight is 536 g/mol. The van der Waals surface area contributed by atoms with Gasteiger partial charge in [0.15, 0.2) is 0 Å². The second-order valence-electron chi connectivity index (χ2n) is 8.63. The highest BCUT2D eigenvalue weighted by atomic mass is 35.5. The zero-order valence-electron chi connectivity index (χ0n) is 18.4. The van der Waals surface area contributed by atoms with Crippen LogP contribution in [0.1, 0.15) is 36.0 Å². The van der Waals surface area contributed by atoms with Gasteiger partial charge in [-0.3, -0.25) is 19.2 Å². The number of thioether (sulfide) groups is 1. The van der Waals surface area contributed by atoms with E-state index in [0.29, 0.717) is 34.6 Å². The summed E-state index contributed by atoms with van der Waals surface area (Å²) in [6.07, 6.45) is -0.510. The zero-order valence-corrected chi connectivity index (χ0v) is 20.0. The van der Waals surface area contributed by atoms with E-state index in [1.54, 1.807) is 18.2 Å². The van der Waals surface area contributed by atoms with Crippen LogP contribution in [0.5, 0.6) is 0 Å². The normalized spacial score (nSPS) is 18.8. The lowest BCUT2D eigenvalue weighted by molar-refractivity contribution is -0.159. The summed E-state index contributed by atoms with van der Waals surface area (Å²) in [5.74, 6) is -1.84. The minimum absolute atomic E-state index is 0.0120. The molecule has 2 amide bonds. The molecule has 0 unspecified atom stereocenters. The number of aromatic nitrogens is 2. The van der Waals surface area contributed by atoms with Crippen LogP contribution in [0, 0.1) is 0 Å². The number of alkyl halides is 3. The van der Waals surface area contributed by atoms with Gasteiger partial charge in [0.05, 0.1) is 28.7 Å². The molecule has 1 aromatic heterocycles. The Morgan fingerprint density at radius 3 is 2.58 bits per heavy atom. The maximum Gasteiger partial charge on any atom is 0.416 e. The molecule has 1 N–H and O–H groups in total. The van der Waals surface area contributed by atoms with Gasteiger partial charge in [0.25, 0.3) is 11.1 Å². The van der Waals surface area contributed by atoms with Gasteiger partial charge in [-0.25, -0.2) is 4.79 Å². The average Bonchev–Trinajstić information content (AvgIpc) is 3.29. The number of nitrogens with zero attached hydrogens (tertiary/aromatic N) is 3. The Bertz CT molecular complexity index is 1460. The number of halogens is 4. The largest absolute Gasteiger partial charge is 0.479 e. The van der Waals surface area contributed by atoms with Gasteiger partial charge in [0, 0.05) is 10.4 Å². The van der Waals surface area contributed by atoms with Crippen molar-refractivity contribution >= 4 is 57.5 Å². The van der Waals surface area contributed by atoms with Gasteiger partial charge in [0.1, 0.15) is 5.54 Å². The summed E-state index contributed by atoms with van der Waals surface area (Å²) >= 11 is 6.45. The molecule has 0 atom stereocenters. The van der Waals surface area contributed by atoms with Gasteiger partial charge in [-0.2, -0.15) is 18.3 Å². The van der Waals surface area contributed by atoms with Gasteiger partial charge in [-0.15, -0.1) is 0 Å². The molecule has 2 aromatic carbocycles. The van der Waals surface area contributed by atoms with Crippen LogP contribution in [0.15, 0.2) is 47.5 Å². The number of amides is 2. The van der Waals surface area contributed by atoms with E-state index in [1.165, 1.54) is 29.1 Å². The molecule has 2 heterocycles. The fourth-order valence-electron chi connectivity index (χ4n) is 4.47. The first kappa shape index (κ1) is 24.4. The monoisotopic (exact) mass is 535 g/mol. The van der Waals surface area contributed by atoms with E-state index in [1.807, 2.05) is 0 Å². The van der Waals surface area contributed by atoms with Crippen molar-refractivity contribution in [2.45, 2.75) is 37.5 Å². The lowest BCUT2D eigenvalue weighted by Crippen LogP contribution is -2.60. The molecule has 12 heteroatoms. The molecule has 0 spiro atoms. The van der Waals surface area contributed by atoms with Crippen LogP contribution in [-0.4, -0.2) is 42.4 Å². The van der Waals surface area contributed by atoms with E-state index >= 15 is 0 Å². The van der Waals surface area contributed by atoms with Crippen molar-refractivity contribution in [2.75, 3.05) is 0 Å². The fraction of sp³-hybridized carbons (Fsp3) is 0.250. The molecule has 1 aliphatic heterocycles. The van der Waals surface area contributed by atoms with Gasteiger partial charge >= 0.3 is 12.1 Å². The Morgan fingerprint density at radius 2 is 1.94 bits per heavy atom. The van der Waals surface area contributed by atoms with Crippen molar-refractivity contribution in [3.8, 4) is 0 Å². The highest BCUT2D eigenvalue weighted by Gasteiger charge is 2.57. The van der Waals surface area contributed by atoms with Crippen LogP contribution < -0.4 is 0 Å². The summed E-state index contributed by atoms with van der Waals surface area (Å²) in [4.78, 5) is 38.1. The molecular weight excluding hydrogens is 519 g/mol. The van der Waals surface area contributed by atoms with Crippen molar-refractivity contribution in [2.24, 2.45) is 0 Å². The summed E-state index contributed by atoms with van der Waals surface area (Å²) in [6.45, 7) is -0.134. The first-order valence-corrected chi connectivity index (χ1v) is 12.0. The summed E-state index contributed by atoms with van der Waals surface area (Å²) in [5, 5.41) is 13.8. The van der Waals surface area contributed by atoms with Crippen molar-refractivity contribution in [3.05, 3.63) is 69.2 Å². The van der Waals surface area contributed by atoms with Gasteiger partial charge < -0.3 is 5.11 Å². The number of carboxylic acids is 1. The van der Waals surface area contributed by atoms with Crippen molar-refractivity contribution in [1.82, 2.24) is 14.7 Å². The van der Waals surface area contributed by atoms with E-state index in [9.17, 15) is 32.7 Å². The van der Waals surface area contributed by atoms with E-state index < -0.39 is 34.4 Å². The van der Waals surface area contributed by atoms with Crippen LogP contribution in [0.3, 0.4) is 0 Å². The van der Waals surface area contributed by atoms with Gasteiger partial charge in [-0.05, 0) is 72.5 Å². The minimum Gasteiger partial charge on any atom is -0.479 e. The fourth-order valence-corrected chi connectivity index (χ4v) is 5.55. The van der Waals surface area contributed by atoms with E-state index in [-0.39, 0.29) is 34.9 Å². The van der Waals surface area contributed by atoms with E-state index in [2.05, 4.69) is 5.10 Å². The third-order valence-corrected chi connectivity index (χ3v) is 7.57. The molecule has 5 rings (SSSR count). The lowest BCUT2D eigenvalue weighted by atomic mass is 9.75. The SMILES string of the molecule is O=C1SC(=Cc2ccc3c(cnn3Cc3ccc(Cl)cc3C(F)(F)F)c2)C(=O)N1C1(C(=O)O)CCC1. The Morgan fingerprint density at radius 1 is 1.19 bits per heavy atom. The molecule has 1 saturated heterocycles. The molecule has 0 radical (unpaired) electrons. The molecule has 7 nitrogen and oxygen atoms in total. The summed E-state index contributed by atoms with van der Waals surface area (Å²) < 4.78 is 41.8. The maximum atomic E-state index is 13.5. The van der Waals surface area contributed by atoms with E-state index in [0.717, 1.165) is 11.0 Å². The number of carbonyl (C=O) groups is 3. The maximum absolute atomic E-state index is 13.5. The predicted octanol–water partition coefficient (Wildman–Crippen LogP) is 5.80. The van der Waals surface area contributed by atoms with Crippen LogP contribution in [0.2, 0.25) is 5.02 Å². The Hall–Kier alpha value is -3.31. The number of benzene rings is 2. The number of carbonyl (C=O) groups excluding carboxylic acids is 2. The lowest BCUT2D eigenvalue weighted by Gasteiger charge is -2.42. The Balaban J connectivity index is 1.43. The van der Waals surface area contributed by atoms with Gasteiger partial charge in [0.2, 0.25) is 0 Å². The Kier molecular flexibility index (Phi) is 5.87. The second-order valence-corrected chi connectivity index (χ2v) is 10.1. The zero-order chi connectivity index (χ0) is 25.8. The minimum atomic E-state index is -4.57. The smallest absolute Gasteiger partial charge is 0.416 e. The molecule has 0 bridgehead atoms. The number of rotatable bonds is 5. The van der Waals surface area contributed by atoms with E-state index in [4.69, 9.17) is 11.6 Å². The Labute approximate surface area is 211 Å². The molecular formula is C24H17ClF3N3O4S. The first-order chi connectivity index (χ1) is 17.0. The molecule has 36 heavy (non-hydrogen) atoms. The number of carboxylic acid groups (broad SMARTS) is 1. The van der Waals surface area contributed by atoms with Crippen LogP contribution >= 0.6 is 23.4 Å². The second kappa shape index (κ2) is 8.67. The standard InChI is InChI=1S/C24H17ClF3N3O4S/c25-16-4-3-14(17(10-16)24(26,27)28)12-30-18-5-2-13(8-15(18)11-29-30)9-19-20(32)31(22(35)36-19)23(21(33)34)6-1-7-23/h2-5,8-11H,1,6-7,12H2,(H,33,34). The molecule has 2 aliphatic rings.